The highest BCUT2D eigenvalue weighted by molar-refractivity contribution is 5.94. The second kappa shape index (κ2) is 7.44. The molecule has 0 radical (unpaired) electrons. The fourth-order valence-corrected chi connectivity index (χ4v) is 4.96. The van der Waals surface area contributed by atoms with Crippen LogP contribution in [0.15, 0.2) is 12.1 Å². The maximum absolute atomic E-state index is 13.1. The van der Waals surface area contributed by atoms with Gasteiger partial charge in [0.05, 0.1) is 0 Å². The molecule has 2 aliphatic heterocycles. The number of amides is 1. The van der Waals surface area contributed by atoms with E-state index in [-0.39, 0.29) is 5.91 Å². The summed E-state index contributed by atoms with van der Waals surface area (Å²) in [6, 6.07) is 4.45. The van der Waals surface area contributed by atoms with Gasteiger partial charge in [0.25, 0.3) is 5.91 Å². The number of fused-ring (bicyclic) bond motifs is 1. The Balaban J connectivity index is 1.31. The smallest absolute Gasteiger partial charge is 0.274 e. The second-order valence-electron chi connectivity index (χ2n) is 8.80. The minimum absolute atomic E-state index is 0.0823. The lowest BCUT2D eigenvalue weighted by Gasteiger charge is -2.34. The van der Waals surface area contributed by atoms with E-state index in [1.54, 1.807) is 0 Å². The van der Waals surface area contributed by atoms with Crippen molar-refractivity contribution in [1.29, 1.82) is 0 Å². The highest BCUT2D eigenvalue weighted by atomic mass is 16.2. The van der Waals surface area contributed by atoms with Crippen molar-refractivity contribution in [3.63, 3.8) is 0 Å². The third kappa shape index (κ3) is 3.52. The summed E-state index contributed by atoms with van der Waals surface area (Å²) in [4.78, 5) is 24.7. The van der Waals surface area contributed by atoms with E-state index in [1.807, 2.05) is 4.90 Å². The van der Waals surface area contributed by atoms with Gasteiger partial charge in [-0.25, -0.2) is 0 Å². The molecule has 0 saturated carbocycles. The van der Waals surface area contributed by atoms with Crippen LogP contribution in [0.2, 0.25) is 0 Å². The molecule has 1 amide bonds. The van der Waals surface area contributed by atoms with Crippen molar-refractivity contribution < 1.29 is 4.79 Å². The summed E-state index contributed by atoms with van der Waals surface area (Å²) in [6.07, 6.45) is 4.07. The molecule has 1 atom stereocenters. The van der Waals surface area contributed by atoms with Gasteiger partial charge >= 0.3 is 0 Å². The number of likely N-dealkylation sites (tertiary alicyclic amines) is 1. The van der Waals surface area contributed by atoms with Gasteiger partial charge in [-0.05, 0) is 51.8 Å². The van der Waals surface area contributed by atoms with Crippen molar-refractivity contribution in [3.05, 3.63) is 40.5 Å². The number of aromatic amines is 1. The Morgan fingerprint density at radius 2 is 1.97 bits per heavy atom. The Kier molecular flexibility index (Phi) is 4.78. The molecule has 29 heavy (non-hydrogen) atoms. The molecule has 0 aromatic carbocycles. The standard InChI is InChI=1S/C22H30N6O/c1-15-12-17(27-10-8-26(2)9-11-27)13-20(23-15)16-6-7-28(14-16)22(29)21-18-4-3-5-19(18)24-25-21/h12-13,16H,3-11,14H2,1-2H3,(H,24,25)/t16-/m1/s1. The molecule has 2 saturated heterocycles. The van der Waals surface area contributed by atoms with Gasteiger partial charge in [0, 0.05) is 73.5 Å². The summed E-state index contributed by atoms with van der Waals surface area (Å²) in [5.74, 6) is 0.385. The molecule has 0 spiro atoms. The maximum atomic E-state index is 13.1. The van der Waals surface area contributed by atoms with Gasteiger partial charge < -0.3 is 14.7 Å². The normalized spacial score (nSPS) is 22.3. The highest BCUT2D eigenvalue weighted by Crippen LogP contribution is 2.31. The SMILES string of the molecule is Cc1cc(N2CCN(C)CC2)cc([C@@H]2CCN(C(=O)c3n[nH]c4c3CCC4)C2)n1. The van der Waals surface area contributed by atoms with Gasteiger partial charge in [-0.15, -0.1) is 0 Å². The van der Waals surface area contributed by atoms with Crippen LogP contribution in [0.25, 0.3) is 0 Å². The summed E-state index contributed by atoms with van der Waals surface area (Å²) in [6.45, 7) is 7.89. The lowest BCUT2D eigenvalue weighted by atomic mass is 10.0. The van der Waals surface area contributed by atoms with E-state index < -0.39 is 0 Å². The van der Waals surface area contributed by atoms with Crippen LogP contribution in [0.1, 0.15) is 51.9 Å². The quantitative estimate of drug-likeness (QED) is 0.862. The number of pyridine rings is 1. The number of anilines is 1. The zero-order valence-corrected chi connectivity index (χ0v) is 17.4. The number of nitrogens with zero attached hydrogens (tertiary/aromatic N) is 5. The van der Waals surface area contributed by atoms with Crippen molar-refractivity contribution in [1.82, 2.24) is 25.0 Å². The molecule has 154 valence electrons. The number of carbonyl (C=O) groups excluding carboxylic acids is 1. The predicted octanol–water partition coefficient (Wildman–Crippen LogP) is 1.98. The number of H-pyrrole nitrogens is 1. The van der Waals surface area contributed by atoms with Gasteiger partial charge in [0.2, 0.25) is 0 Å². The van der Waals surface area contributed by atoms with E-state index in [0.717, 1.165) is 87.6 Å². The molecular formula is C22H30N6O. The first-order chi connectivity index (χ1) is 14.1. The zero-order chi connectivity index (χ0) is 20.0. The van der Waals surface area contributed by atoms with Crippen LogP contribution in [0, 0.1) is 6.92 Å². The molecule has 7 heteroatoms. The zero-order valence-electron chi connectivity index (χ0n) is 17.4. The molecule has 1 N–H and O–H groups in total. The van der Waals surface area contributed by atoms with Crippen LogP contribution in [0.3, 0.4) is 0 Å². The van der Waals surface area contributed by atoms with Crippen molar-refractivity contribution in [3.8, 4) is 0 Å². The van der Waals surface area contributed by atoms with Crippen LogP contribution in [-0.2, 0) is 12.8 Å². The lowest BCUT2D eigenvalue weighted by Crippen LogP contribution is -2.44. The van der Waals surface area contributed by atoms with E-state index in [0.29, 0.717) is 11.6 Å². The molecule has 2 fully saturated rings. The molecule has 3 aliphatic rings. The third-order valence-corrected chi connectivity index (χ3v) is 6.73. The number of aromatic nitrogens is 3. The van der Waals surface area contributed by atoms with Gasteiger partial charge in [-0.2, -0.15) is 5.10 Å². The maximum Gasteiger partial charge on any atom is 0.274 e. The fraction of sp³-hybridized carbons (Fsp3) is 0.591. The fourth-order valence-electron chi connectivity index (χ4n) is 4.96. The molecule has 7 nitrogen and oxygen atoms in total. The number of nitrogens with one attached hydrogen (secondary N) is 1. The van der Waals surface area contributed by atoms with Crippen LogP contribution in [0.5, 0.6) is 0 Å². The van der Waals surface area contributed by atoms with Crippen LogP contribution >= 0.6 is 0 Å². The molecule has 1 aliphatic carbocycles. The first-order valence-electron chi connectivity index (χ1n) is 10.9. The Labute approximate surface area is 172 Å². The monoisotopic (exact) mass is 394 g/mol. The molecule has 0 unspecified atom stereocenters. The van der Waals surface area contributed by atoms with Crippen molar-refractivity contribution in [2.24, 2.45) is 0 Å². The first kappa shape index (κ1) is 18.6. The van der Waals surface area contributed by atoms with E-state index >= 15 is 0 Å². The summed E-state index contributed by atoms with van der Waals surface area (Å²) in [7, 11) is 2.18. The van der Waals surface area contributed by atoms with Crippen molar-refractivity contribution in [2.75, 3.05) is 51.2 Å². The van der Waals surface area contributed by atoms with Gasteiger partial charge in [-0.3, -0.25) is 14.9 Å². The Hall–Kier alpha value is -2.41. The van der Waals surface area contributed by atoms with E-state index in [1.165, 1.54) is 5.69 Å². The third-order valence-electron chi connectivity index (χ3n) is 6.73. The Morgan fingerprint density at radius 3 is 2.79 bits per heavy atom. The lowest BCUT2D eigenvalue weighted by molar-refractivity contribution is 0.0784. The van der Waals surface area contributed by atoms with Crippen LogP contribution < -0.4 is 4.90 Å². The molecule has 0 bridgehead atoms. The van der Waals surface area contributed by atoms with Crippen LogP contribution in [-0.4, -0.2) is 77.2 Å². The van der Waals surface area contributed by atoms with E-state index in [4.69, 9.17) is 4.98 Å². The van der Waals surface area contributed by atoms with E-state index in [2.05, 4.69) is 46.1 Å². The molecule has 2 aromatic rings. The second-order valence-corrected chi connectivity index (χ2v) is 8.80. The Bertz CT molecular complexity index is 914. The largest absolute Gasteiger partial charge is 0.369 e. The van der Waals surface area contributed by atoms with E-state index in [9.17, 15) is 4.79 Å². The molecule has 4 heterocycles. The summed E-state index contributed by atoms with van der Waals surface area (Å²) >= 11 is 0. The number of carbonyl (C=O) groups is 1. The first-order valence-corrected chi connectivity index (χ1v) is 10.9. The summed E-state index contributed by atoms with van der Waals surface area (Å²) in [5, 5.41) is 7.40. The highest BCUT2D eigenvalue weighted by Gasteiger charge is 2.33. The number of likely N-dealkylation sites (N-methyl/N-ethyl adjacent to an activating group) is 1. The van der Waals surface area contributed by atoms with Gasteiger partial charge in [-0.1, -0.05) is 0 Å². The number of piperazine rings is 1. The summed E-state index contributed by atoms with van der Waals surface area (Å²) in [5.41, 5.74) is 6.41. The number of rotatable bonds is 3. The average molecular weight is 395 g/mol. The minimum atomic E-state index is 0.0823. The minimum Gasteiger partial charge on any atom is -0.369 e. The molecular weight excluding hydrogens is 364 g/mol. The number of aryl methyl sites for hydroxylation is 2. The predicted molar refractivity (Wildman–Crippen MR) is 113 cm³/mol. The molecule has 5 rings (SSSR count). The van der Waals surface area contributed by atoms with Gasteiger partial charge in [0.15, 0.2) is 5.69 Å². The number of hydrogen-bond donors (Lipinski definition) is 1. The number of hydrogen-bond acceptors (Lipinski definition) is 5. The van der Waals surface area contributed by atoms with Crippen molar-refractivity contribution >= 4 is 11.6 Å². The topological polar surface area (TPSA) is 68.4 Å². The van der Waals surface area contributed by atoms with Crippen molar-refractivity contribution in [2.45, 2.75) is 38.5 Å². The summed E-state index contributed by atoms with van der Waals surface area (Å²) < 4.78 is 0. The van der Waals surface area contributed by atoms with Gasteiger partial charge in [0.1, 0.15) is 0 Å². The molecule has 2 aromatic heterocycles. The average Bonchev–Trinajstić information content (AvgIpc) is 3.44. The Morgan fingerprint density at radius 1 is 1.14 bits per heavy atom. The van der Waals surface area contributed by atoms with Crippen LogP contribution in [0.4, 0.5) is 5.69 Å².